The summed E-state index contributed by atoms with van der Waals surface area (Å²) in [5.41, 5.74) is 9.16. The van der Waals surface area contributed by atoms with Crippen molar-refractivity contribution in [2.45, 2.75) is 32.4 Å². The summed E-state index contributed by atoms with van der Waals surface area (Å²) in [6.45, 7) is 3.71. The van der Waals surface area contributed by atoms with E-state index in [0.29, 0.717) is 0 Å². The van der Waals surface area contributed by atoms with E-state index >= 15 is 0 Å². The van der Waals surface area contributed by atoms with Crippen molar-refractivity contribution in [2.24, 2.45) is 17.4 Å². The van der Waals surface area contributed by atoms with Crippen molar-refractivity contribution in [2.75, 3.05) is 0 Å². The Morgan fingerprint density at radius 1 is 1.64 bits per heavy atom. The SMILES string of the molecule is CCCC(C)C(N)(N)C(=O)O. The highest BCUT2D eigenvalue weighted by Gasteiger charge is 2.34. The molecule has 11 heavy (non-hydrogen) atoms. The molecule has 0 fully saturated rings. The van der Waals surface area contributed by atoms with Crippen molar-refractivity contribution < 1.29 is 9.90 Å². The van der Waals surface area contributed by atoms with Gasteiger partial charge in [-0.25, -0.2) is 4.79 Å². The van der Waals surface area contributed by atoms with Gasteiger partial charge in [0.1, 0.15) is 0 Å². The molecule has 0 aromatic carbocycles. The van der Waals surface area contributed by atoms with Crippen LogP contribution in [0.2, 0.25) is 0 Å². The molecule has 0 aromatic rings. The van der Waals surface area contributed by atoms with Gasteiger partial charge >= 0.3 is 5.97 Å². The predicted octanol–water partition coefficient (Wildman–Crippen LogP) is 0.121. The highest BCUT2D eigenvalue weighted by molar-refractivity contribution is 5.77. The standard InChI is InChI=1S/C7H16N2O2/c1-3-4-5(2)7(8,9)6(10)11/h5H,3-4,8-9H2,1-2H3,(H,10,11). The molecule has 0 amide bonds. The number of carbonyl (C=O) groups is 1. The average molecular weight is 160 g/mol. The molecule has 0 aromatic heterocycles. The van der Waals surface area contributed by atoms with Crippen molar-refractivity contribution in [3.63, 3.8) is 0 Å². The Morgan fingerprint density at radius 3 is 2.36 bits per heavy atom. The zero-order valence-electron chi connectivity index (χ0n) is 7.00. The van der Waals surface area contributed by atoms with Crippen molar-refractivity contribution in [3.05, 3.63) is 0 Å². The van der Waals surface area contributed by atoms with Gasteiger partial charge in [-0.3, -0.25) is 0 Å². The Balaban J connectivity index is 4.17. The minimum Gasteiger partial charge on any atom is -0.479 e. The third-order valence-corrected chi connectivity index (χ3v) is 1.91. The fraction of sp³-hybridized carbons (Fsp3) is 0.857. The molecule has 4 heteroatoms. The van der Waals surface area contributed by atoms with Crippen LogP contribution >= 0.6 is 0 Å². The third-order valence-electron chi connectivity index (χ3n) is 1.91. The second kappa shape index (κ2) is 3.69. The average Bonchev–Trinajstić information content (AvgIpc) is 1.88. The molecule has 0 saturated carbocycles. The molecule has 0 bridgehead atoms. The number of carboxylic acids is 1. The summed E-state index contributed by atoms with van der Waals surface area (Å²) in [4.78, 5) is 10.5. The summed E-state index contributed by atoms with van der Waals surface area (Å²) < 4.78 is 0. The molecule has 5 N–H and O–H groups in total. The first kappa shape index (κ1) is 10.4. The van der Waals surface area contributed by atoms with Crippen LogP contribution in [0.3, 0.4) is 0 Å². The monoisotopic (exact) mass is 160 g/mol. The van der Waals surface area contributed by atoms with Crippen LogP contribution in [0.5, 0.6) is 0 Å². The lowest BCUT2D eigenvalue weighted by atomic mass is 9.92. The molecule has 1 unspecified atom stereocenters. The number of hydrogen-bond donors (Lipinski definition) is 3. The Bertz CT molecular complexity index is 145. The van der Waals surface area contributed by atoms with Crippen LogP contribution < -0.4 is 11.5 Å². The normalized spacial score (nSPS) is 14.5. The summed E-state index contributed by atoms with van der Waals surface area (Å²) in [6, 6.07) is 0. The van der Waals surface area contributed by atoms with Crippen LogP contribution in [0, 0.1) is 5.92 Å². The van der Waals surface area contributed by atoms with Crippen LogP contribution in [0.4, 0.5) is 0 Å². The molecule has 0 saturated heterocycles. The highest BCUT2D eigenvalue weighted by Crippen LogP contribution is 2.14. The zero-order valence-corrected chi connectivity index (χ0v) is 7.00. The van der Waals surface area contributed by atoms with Gasteiger partial charge in [-0.2, -0.15) is 0 Å². The first-order chi connectivity index (χ1) is 4.92. The molecular weight excluding hydrogens is 144 g/mol. The van der Waals surface area contributed by atoms with E-state index in [-0.39, 0.29) is 5.92 Å². The van der Waals surface area contributed by atoms with Gasteiger partial charge in [0.25, 0.3) is 0 Å². The van der Waals surface area contributed by atoms with Gasteiger partial charge in [0, 0.05) is 0 Å². The van der Waals surface area contributed by atoms with Crippen LogP contribution in [-0.2, 0) is 4.79 Å². The molecule has 4 nitrogen and oxygen atoms in total. The fourth-order valence-corrected chi connectivity index (χ4v) is 0.883. The largest absolute Gasteiger partial charge is 0.479 e. The first-order valence-corrected chi connectivity index (χ1v) is 3.74. The molecule has 0 aliphatic heterocycles. The van der Waals surface area contributed by atoms with Gasteiger partial charge in [0.2, 0.25) is 0 Å². The lowest BCUT2D eigenvalue weighted by Crippen LogP contribution is -2.61. The van der Waals surface area contributed by atoms with Crippen LogP contribution in [0.25, 0.3) is 0 Å². The predicted molar refractivity (Wildman–Crippen MR) is 42.8 cm³/mol. The van der Waals surface area contributed by atoms with Crippen molar-refractivity contribution in [3.8, 4) is 0 Å². The Kier molecular flexibility index (Phi) is 3.48. The van der Waals surface area contributed by atoms with Crippen LogP contribution in [0.15, 0.2) is 0 Å². The number of hydrogen-bond acceptors (Lipinski definition) is 3. The Hall–Kier alpha value is -0.610. The Labute approximate surface area is 66.6 Å². The van der Waals surface area contributed by atoms with Gasteiger partial charge in [-0.05, 0) is 12.3 Å². The van der Waals surface area contributed by atoms with E-state index in [4.69, 9.17) is 16.6 Å². The molecule has 0 aliphatic carbocycles. The van der Waals surface area contributed by atoms with E-state index < -0.39 is 11.6 Å². The molecule has 0 radical (unpaired) electrons. The summed E-state index contributed by atoms with van der Waals surface area (Å²) >= 11 is 0. The van der Waals surface area contributed by atoms with Gasteiger partial charge in [0.15, 0.2) is 5.66 Å². The van der Waals surface area contributed by atoms with Crippen LogP contribution in [0.1, 0.15) is 26.7 Å². The maximum atomic E-state index is 10.5. The minimum atomic E-state index is -1.57. The smallest absolute Gasteiger partial charge is 0.338 e. The van der Waals surface area contributed by atoms with Gasteiger partial charge < -0.3 is 16.6 Å². The maximum absolute atomic E-state index is 10.5. The van der Waals surface area contributed by atoms with E-state index in [1.165, 1.54) is 0 Å². The topological polar surface area (TPSA) is 89.3 Å². The number of aliphatic carboxylic acids is 1. The van der Waals surface area contributed by atoms with E-state index in [9.17, 15) is 4.79 Å². The van der Waals surface area contributed by atoms with E-state index in [0.717, 1.165) is 12.8 Å². The van der Waals surface area contributed by atoms with E-state index in [2.05, 4.69) is 0 Å². The zero-order chi connectivity index (χ0) is 9.07. The lowest BCUT2D eigenvalue weighted by molar-refractivity contribution is -0.145. The maximum Gasteiger partial charge on any atom is 0.338 e. The first-order valence-electron chi connectivity index (χ1n) is 3.74. The molecule has 0 spiro atoms. The van der Waals surface area contributed by atoms with Crippen molar-refractivity contribution >= 4 is 5.97 Å². The second-order valence-corrected chi connectivity index (χ2v) is 2.93. The molecule has 0 rings (SSSR count). The minimum absolute atomic E-state index is 0.190. The molecule has 66 valence electrons. The van der Waals surface area contributed by atoms with Crippen molar-refractivity contribution in [1.29, 1.82) is 0 Å². The summed E-state index contributed by atoms with van der Waals surface area (Å²) in [7, 11) is 0. The molecule has 0 aliphatic rings. The highest BCUT2D eigenvalue weighted by atomic mass is 16.4. The molecular formula is C7H16N2O2. The lowest BCUT2D eigenvalue weighted by Gasteiger charge is -2.26. The molecule has 0 heterocycles. The summed E-state index contributed by atoms with van der Waals surface area (Å²) in [5.74, 6) is -1.33. The van der Waals surface area contributed by atoms with E-state index in [1.54, 1.807) is 6.92 Å². The van der Waals surface area contributed by atoms with Gasteiger partial charge in [0.05, 0.1) is 0 Å². The number of nitrogens with two attached hydrogens (primary N) is 2. The third kappa shape index (κ3) is 2.48. The van der Waals surface area contributed by atoms with Crippen molar-refractivity contribution in [1.82, 2.24) is 0 Å². The fourth-order valence-electron chi connectivity index (χ4n) is 0.883. The molecule has 1 atom stereocenters. The Morgan fingerprint density at radius 2 is 2.09 bits per heavy atom. The van der Waals surface area contributed by atoms with Gasteiger partial charge in [-0.1, -0.05) is 20.3 Å². The summed E-state index contributed by atoms with van der Waals surface area (Å²) in [6.07, 6.45) is 1.63. The summed E-state index contributed by atoms with van der Waals surface area (Å²) in [5, 5.41) is 8.59. The van der Waals surface area contributed by atoms with E-state index in [1.807, 2.05) is 6.92 Å². The quantitative estimate of drug-likeness (QED) is 0.509. The number of carboxylic acid groups (broad SMARTS) is 1. The number of rotatable bonds is 4. The van der Waals surface area contributed by atoms with Crippen LogP contribution in [-0.4, -0.2) is 16.7 Å². The van der Waals surface area contributed by atoms with Gasteiger partial charge in [-0.15, -0.1) is 0 Å². The second-order valence-electron chi connectivity index (χ2n) is 2.93.